The molecule has 0 spiro atoms. The van der Waals surface area contributed by atoms with Crippen molar-refractivity contribution in [1.82, 2.24) is 5.32 Å². The van der Waals surface area contributed by atoms with E-state index >= 15 is 0 Å². The lowest BCUT2D eigenvalue weighted by Gasteiger charge is -2.35. The molecule has 1 N–H and O–H groups in total. The molecule has 29 heavy (non-hydrogen) atoms. The van der Waals surface area contributed by atoms with Crippen LogP contribution in [0.25, 0.3) is 0 Å². The first-order valence-corrected chi connectivity index (χ1v) is 11.5. The van der Waals surface area contributed by atoms with E-state index in [4.69, 9.17) is 4.74 Å². The monoisotopic (exact) mass is 416 g/mol. The number of sulfonamides is 1. The largest absolute Gasteiger partial charge is 0.476 e. The molecule has 156 valence electrons. The zero-order valence-electron chi connectivity index (χ0n) is 17.3. The van der Waals surface area contributed by atoms with E-state index in [-0.39, 0.29) is 17.9 Å². The lowest BCUT2D eigenvalue weighted by Crippen LogP contribution is -2.50. The van der Waals surface area contributed by atoms with Crippen molar-refractivity contribution in [3.8, 4) is 5.75 Å². The van der Waals surface area contributed by atoms with E-state index in [2.05, 4.69) is 26.1 Å². The van der Waals surface area contributed by atoms with Gasteiger partial charge in [0.05, 0.1) is 18.5 Å². The van der Waals surface area contributed by atoms with Crippen LogP contribution >= 0.6 is 0 Å². The van der Waals surface area contributed by atoms with Crippen molar-refractivity contribution in [3.63, 3.8) is 0 Å². The van der Waals surface area contributed by atoms with E-state index in [0.717, 1.165) is 17.4 Å². The van der Waals surface area contributed by atoms with Gasteiger partial charge in [0, 0.05) is 6.54 Å². The summed E-state index contributed by atoms with van der Waals surface area (Å²) in [5.74, 6) is 0.0815. The van der Waals surface area contributed by atoms with Crippen molar-refractivity contribution in [1.29, 1.82) is 0 Å². The second kappa shape index (κ2) is 8.06. The number of nitrogens with zero attached hydrogens (tertiary/aromatic N) is 1. The molecule has 1 atom stereocenters. The highest BCUT2D eigenvalue weighted by Crippen LogP contribution is 2.38. The van der Waals surface area contributed by atoms with Crippen LogP contribution in [0, 0.1) is 0 Å². The van der Waals surface area contributed by atoms with Crippen molar-refractivity contribution in [2.45, 2.75) is 38.7 Å². The summed E-state index contributed by atoms with van der Waals surface area (Å²) in [6.07, 6.45) is 0.949. The van der Waals surface area contributed by atoms with Crippen LogP contribution in [-0.4, -0.2) is 39.8 Å². The van der Waals surface area contributed by atoms with E-state index < -0.39 is 16.1 Å². The highest BCUT2D eigenvalue weighted by atomic mass is 32.2. The molecule has 1 heterocycles. The second-order valence-corrected chi connectivity index (χ2v) is 10.3. The fraction of sp³-hybridized carbons (Fsp3) is 0.409. The Bertz CT molecular complexity index is 982. The summed E-state index contributed by atoms with van der Waals surface area (Å²) in [5.41, 5.74) is 2.46. The Morgan fingerprint density at radius 3 is 2.48 bits per heavy atom. The second-order valence-electron chi connectivity index (χ2n) is 8.36. The van der Waals surface area contributed by atoms with Crippen molar-refractivity contribution in [2.24, 2.45) is 0 Å². The normalized spacial score (nSPS) is 16.7. The highest BCUT2D eigenvalue weighted by Gasteiger charge is 2.35. The molecule has 7 heteroatoms. The highest BCUT2D eigenvalue weighted by molar-refractivity contribution is 7.92. The summed E-state index contributed by atoms with van der Waals surface area (Å²) >= 11 is 0. The maximum absolute atomic E-state index is 12.6. The smallest absolute Gasteiger partial charge is 0.263 e. The number of hydrogen-bond donors (Lipinski definition) is 1. The van der Waals surface area contributed by atoms with Crippen LogP contribution < -0.4 is 14.4 Å². The Morgan fingerprint density at radius 1 is 1.17 bits per heavy atom. The number of rotatable bonds is 5. The fourth-order valence-electron chi connectivity index (χ4n) is 3.26. The van der Waals surface area contributed by atoms with Crippen molar-refractivity contribution in [3.05, 3.63) is 59.7 Å². The molecule has 2 aromatic carbocycles. The Kier molecular flexibility index (Phi) is 5.89. The maximum atomic E-state index is 12.6. The van der Waals surface area contributed by atoms with E-state index in [0.29, 0.717) is 24.4 Å². The first kappa shape index (κ1) is 21.2. The summed E-state index contributed by atoms with van der Waals surface area (Å²) in [5, 5.41) is 2.85. The van der Waals surface area contributed by atoms with Gasteiger partial charge in [0.15, 0.2) is 6.10 Å². The van der Waals surface area contributed by atoms with Crippen LogP contribution in [-0.2, 0) is 26.7 Å². The third kappa shape index (κ3) is 5.09. The van der Waals surface area contributed by atoms with Crippen molar-refractivity contribution in [2.75, 3.05) is 23.7 Å². The Morgan fingerprint density at radius 2 is 1.86 bits per heavy atom. The molecule has 0 saturated heterocycles. The van der Waals surface area contributed by atoms with E-state index in [1.807, 2.05) is 42.5 Å². The summed E-state index contributed by atoms with van der Waals surface area (Å²) in [6, 6.07) is 15.3. The van der Waals surface area contributed by atoms with Crippen LogP contribution in [0.2, 0.25) is 0 Å². The first-order valence-electron chi connectivity index (χ1n) is 9.66. The molecule has 1 aliphatic rings. The predicted octanol–water partition coefficient (Wildman–Crippen LogP) is 2.87. The molecule has 0 saturated carbocycles. The number of carbonyl (C=O) groups excluding carboxylic acids is 1. The third-order valence-corrected chi connectivity index (χ3v) is 6.09. The molecule has 1 aliphatic heterocycles. The predicted molar refractivity (Wildman–Crippen MR) is 115 cm³/mol. The number of benzene rings is 2. The van der Waals surface area contributed by atoms with Gasteiger partial charge in [0.2, 0.25) is 10.0 Å². The van der Waals surface area contributed by atoms with Crippen LogP contribution in [0.4, 0.5) is 5.69 Å². The van der Waals surface area contributed by atoms with E-state index in [1.54, 1.807) is 6.07 Å². The van der Waals surface area contributed by atoms with Gasteiger partial charge in [-0.15, -0.1) is 0 Å². The Labute approximate surface area is 172 Å². The molecule has 0 radical (unpaired) electrons. The van der Waals surface area contributed by atoms with Crippen LogP contribution in [0.15, 0.2) is 48.5 Å². The minimum atomic E-state index is -3.56. The van der Waals surface area contributed by atoms with Crippen molar-refractivity contribution >= 4 is 21.6 Å². The number of ether oxygens (including phenoxy) is 1. The van der Waals surface area contributed by atoms with Crippen LogP contribution in [0.3, 0.4) is 0 Å². The molecule has 2 aromatic rings. The maximum Gasteiger partial charge on any atom is 0.263 e. The molecule has 1 amide bonds. The van der Waals surface area contributed by atoms with Crippen LogP contribution in [0.5, 0.6) is 5.75 Å². The Balaban J connectivity index is 1.77. The molecule has 0 aromatic heterocycles. The molecule has 0 fully saturated rings. The lowest BCUT2D eigenvalue weighted by atomic mass is 9.86. The minimum absolute atomic E-state index is 0.0450. The number of nitrogens with one attached hydrogen (secondary N) is 1. The quantitative estimate of drug-likeness (QED) is 0.813. The van der Waals surface area contributed by atoms with Gasteiger partial charge in [-0.1, -0.05) is 57.2 Å². The van der Waals surface area contributed by atoms with E-state index in [1.165, 1.54) is 4.31 Å². The van der Waals surface area contributed by atoms with Gasteiger partial charge in [0.1, 0.15) is 5.75 Å². The van der Waals surface area contributed by atoms with Crippen molar-refractivity contribution < 1.29 is 17.9 Å². The van der Waals surface area contributed by atoms with Gasteiger partial charge in [-0.2, -0.15) is 0 Å². The standard InChI is InChI=1S/C22H28N2O4S/c1-22(2,3)17-10-11-19-18(14-17)24(29(4,26)27)15-20(28-19)21(25)23-13-12-16-8-6-5-7-9-16/h5-11,14,20H,12-13,15H2,1-4H3,(H,23,25)/t20-/m0/s1. The molecule has 3 rings (SSSR count). The lowest BCUT2D eigenvalue weighted by molar-refractivity contribution is -0.127. The zero-order valence-corrected chi connectivity index (χ0v) is 18.1. The number of fused-ring (bicyclic) bond motifs is 1. The van der Waals surface area contributed by atoms with Gasteiger partial charge in [-0.05, 0) is 35.1 Å². The number of anilines is 1. The summed E-state index contributed by atoms with van der Waals surface area (Å²) in [6.45, 7) is 6.60. The number of carbonyl (C=O) groups is 1. The van der Waals surface area contributed by atoms with Gasteiger partial charge >= 0.3 is 0 Å². The third-order valence-electron chi connectivity index (χ3n) is 4.94. The van der Waals surface area contributed by atoms with Gasteiger partial charge in [-0.3, -0.25) is 9.10 Å². The molecule has 6 nitrogen and oxygen atoms in total. The Hall–Kier alpha value is -2.54. The summed E-state index contributed by atoms with van der Waals surface area (Å²) in [4.78, 5) is 12.6. The minimum Gasteiger partial charge on any atom is -0.476 e. The average molecular weight is 417 g/mol. The topological polar surface area (TPSA) is 75.7 Å². The number of amides is 1. The van der Waals surface area contributed by atoms with Crippen LogP contribution in [0.1, 0.15) is 31.9 Å². The number of hydrogen-bond acceptors (Lipinski definition) is 4. The molecular weight excluding hydrogens is 388 g/mol. The molecule has 0 unspecified atom stereocenters. The van der Waals surface area contributed by atoms with E-state index in [9.17, 15) is 13.2 Å². The molecular formula is C22H28N2O4S. The average Bonchev–Trinajstić information content (AvgIpc) is 2.66. The summed E-state index contributed by atoms with van der Waals surface area (Å²) in [7, 11) is -3.56. The summed E-state index contributed by atoms with van der Waals surface area (Å²) < 4.78 is 32.0. The fourth-order valence-corrected chi connectivity index (χ4v) is 4.16. The SMILES string of the molecule is CC(C)(C)c1ccc2c(c1)N(S(C)(=O)=O)C[C@@H](C(=O)NCCc1ccccc1)O2. The van der Waals surface area contributed by atoms with Gasteiger partial charge in [0.25, 0.3) is 5.91 Å². The first-order chi connectivity index (χ1) is 13.6. The molecule has 0 bridgehead atoms. The van der Waals surface area contributed by atoms with Gasteiger partial charge < -0.3 is 10.1 Å². The molecule has 0 aliphatic carbocycles. The zero-order chi connectivity index (χ0) is 21.2. The van der Waals surface area contributed by atoms with Gasteiger partial charge in [-0.25, -0.2) is 8.42 Å².